The third-order valence-electron chi connectivity index (χ3n) is 5.04. The molecule has 2 aromatic carbocycles. The molecule has 0 aromatic heterocycles. The van der Waals surface area contributed by atoms with Crippen LogP contribution in [0.3, 0.4) is 0 Å². The van der Waals surface area contributed by atoms with Gasteiger partial charge in [-0.05, 0) is 56.7 Å². The van der Waals surface area contributed by atoms with Gasteiger partial charge in [-0.1, -0.05) is 55.0 Å². The maximum Gasteiger partial charge on any atom is 0.0446 e. The summed E-state index contributed by atoms with van der Waals surface area (Å²) >= 11 is 0. The van der Waals surface area contributed by atoms with Gasteiger partial charge in [0.05, 0.1) is 0 Å². The summed E-state index contributed by atoms with van der Waals surface area (Å²) in [6.45, 7) is 14.4. The zero-order chi connectivity index (χ0) is 16.6. The molecule has 1 nitrogen and oxygen atoms in total. The first kappa shape index (κ1) is 15.9. The molecule has 1 aliphatic heterocycles. The van der Waals surface area contributed by atoms with Crippen LogP contribution in [0.5, 0.6) is 0 Å². The fraction of sp³-hybridized carbons (Fsp3) is 0.364. The molecule has 120 valence electrons. The largest absolute Gasteiger partial charge is 0.341 e. The lowest BCUT2D eigenvalue weighted by molar-refractivity contribution is 0.660. The van der Waals surface area contributed by atoms with Crippen LogP contribution in [0.25, 0.3) is 5.70 Å². The summed E-state index contributed by atoms with van der Waals surface area (Å²) in [5.74, 6) is 0.613. The van der Waals surface area contributed by atoms with Gasteiger partial charge in [0, 0.05) is 23.5 Å². The first-order valence-electron chi connectivity index (χ1n) is 8.62. The Morgan fingerprint density at radius 2 is 1.74 bits per heavy atom. The predicted molar refractivity (Wildman–Crippen MR) is 101 cm³/mol. The molecule has 1 aliphatic rings. The van der Waals surface area contributed by atoms with E-state index in [-0.39, 0.29) is 0 Å². The van der Waals surface area contributed by atoms with Crippen molar-refractivity contribution in [3.05, 3.63) is 70.8 Å². The van der Waals surface area contributed by atoms with Crippen molar-refractivity contribution < 1.29 is 0 Å². The number of aryl methyl sites for hydroxylation is 3. The summed E-state index contributed by atoms with van der Waals surface area (Å²) in [7, 11) is 0. The summed E-state index contributed by atoms with van der Waals surface area (Å²) in [4.78, 5) is 2.43. The molecule has 1 unspecified atom stereocenters. The Labute approximate surface area is 140 Å². The number of hydrogen-bond acceptors (Lipinski definition) is 1. The molecule has 1 heteroatoms. The summed E-state index contributed by atoms with van der Waals surface area (Å²) < 4.78 is 0. The second-order valence-electron chi connectivity index (χ2n) is 7.02. The Balaban J connectivity index is 2.05. The molecule has 0 saturated heterocycles. The third-order valence-corrected chi connectivity index (χ3v) is 5.04. The number of nitrogens with zero attached hydrogens (tertiary/aromatic N) is 1. The normalized spacial score (nSPS) is 17.6. The maximum atomic E-state index is 4.45. The minimum atomic E-state index is 0.613. The van der Waals surface area contributed by atoms with Crippen LogP contribution >= 0.6 is 0 Å². The van der Waals surface area contributed by atoms with Crippen LogP contribution in [-0.4, -0.2) is 6.54 Å². The molecular formula is C22H27N. The monoisotopic (exact) mass is 305 g/mol. The highest BCUT2D eigenvalue weighted by Crippen LogP contribution is 2.38. The Morgan fingerprint density at radius 1 is 1.04 bits per heavy atom. The SMILES string of the molecule is C=C(c1ccc(C)cc1C)N1CCCC(C)c2cc(C)ccc21. The maximum absolute atomic E-state index is 4.45. The molecule has 0 spiro atoms. The fourth-order valence-corrected chi connectivity index (χ4v) is 3.71. The van der Waals surface area contributed by atoms with Gasteiger partial charge >= 0.3 is 0 Å². The van der Waals surface area contributed by atoms with Crippen LogP contribution in [0.1, 0.15) is 53.5 Å². The highest BCUT2D eigenvalue weighted by Gasteiger charge is 2.23. The van der Waals surface area contributed by atoms with Crippen molar-refractivity contribution in [1.29, 1.82) is 0 Å². The highest BCUT2D eigenvalue weighted by molar-refractivity contribution is 5.81. The van der Waals surface area contributed by atoms with Crippen LogP contribution < -0.4 is 4.90 Å². The van der Waals surface area contributed by atoms with E-state index in [1.54, 1.807) is 0 Å². The van der Waals surface area contributed by atoms with E-state index < -0.39 is 0 Å². The molecule has 3 rings (SSSR count). The number of hydrogen-bond donors (Lipinski definition) is 0. The second kappa shape index (κ2) is 6.23. The van der Waals surface area contributed by atoms with E-state index in [0.717, 1.165) is 12.2 Å². The molecule has 23 heavy (non-hydrogen) atoms. The van der Waals surface area contributed by atoms with Gasteiger partial charge in [-0.3, -0.25) is 0 Å². The van der Waals surface area contributed by atoms with Crippen molar-refractivity contribution in [2.45, 2.75) is 46.5 Å². The average molecular weight is 305 g/mol. The van der Waals surface area contributed by atoms with E-state index >= 15 is 0 Å². The molecule has 0 amide bonds. The lowest BCUT2D eigenvalue weighted by Crippen LogP contribution is -2.22. The zero-order valence-corrected chi connectivity index (χ0v) is 14.8. The van der Waals surface area contributed by atoms with Gasteiger partial charge in [0.1, 0.15) is 0 Å². The van der Waals surface area contributed by atoms with Gasteiger partial charge in [-0.15, -0.1) is 0 Å². The van der Waals surface area contributed by atoms with E-state index in [1.807, 2.05) is 0 Å². The van der Waals surface area contributed by atoms with Crippen LogP contribution in [0.4, 0.5) is 5.69 Å². The van der Waals surface area contributed by atoms with Gasteiger partial charge < -0.3 is 4.90 Å². The molecular weight excluding hydrogens is 278 g/mol. The lowest BCUT2D eigenvalue weighted by atomic mass is 9.94. The van der Waals surface area contributed by atoms with Crippen LogP contribution in [0, 0.1) is 20.8 Å². The average Bonchev–Trinajstić information content (AvgIpc) is 2.66. The number of anilines is 1. The highest BCUT2D eigenvalue weighted by atomic mass is 15.1. The van der Waals surface area contributed by atoms with Crippen molar-refractivity contribution >= 4 is 11.4 Å². The van der Waals surface area contributed by atoms with E-state index in [2.05, 4.69) is 75.6 Å². The van der Waals surface area contributed by atoms with E-state index in [0.29, 0.717) is 5.92 Å². The zero-order valence-electron chi connectivity index (χ0n) is 14.8. The molecule has 0 N–H and O–H groups in total. The lowest BCUT2D eigenvalue weighted by Gasteiger charge is -2.29. The standard InChI is InChI=1S/C22H27N/c1-15-8-10-20(18(4)13-15)19(5)23-12-6-7-17(3)21-14-16(2)9-11-22(21)23/h8-11,13-14,17H,5-7,12H2,1-4H3. The Kier molecular flexibility index (Phi) is 4.30. The summed E-state index contributed by atoms with van der Waals surface area (Å²) in [5.41, 5.74) is 9.15. The second-order valence-corrected chi connectivity index (χ2v) is 7.02. The van der Waals surface area contributed by atoms with Crippen molar-refractivity contribution in [1.82, 2.24) is 0 Å². The van der Waals surface area contributed by atoms with Crippen molar-refractivity contribution in [3.8, 4) is 0 Å². The van der Waals surface area contributed by atoms with Gasteiger partial charge in [0.2, 0.25) is 0 Å². The number of fused-ring (bicyclic) bond motifs is 1. The van der Waals surface area contributed by atoms with Gasteiger partial charge in [0.15, 0.2) is 0 Å². The molecule has 0 fully saturated rings. The Morgan fingerprint density at radius 3 is 2.48 bits per heavy atom. The minimum Gasteiger partial charge on any atom is -0.341 e. The van der Waals surface area contributed by atoms with Crippen molar-refractivity contribution in [3.63, 3.8) is 0 Å². The summed E-state index contributed by atoms with van der Waals surface area (Å²) in [6, 6.07) is 13.5. The Hall–Kier alpha value is -2.02. The molecule has 1 heterocycles. The number of benzene rings is 2. The Bertz CT molecular complexity index is 742. The molecule has 2 aromatic rings. The predicted octanol–water partition coefficient (Wildman–Crippen LogP) is 5.99. The van der Waals surface area contributed by atoms with Crippen molar-refractivity contribution in [2.75, 3.05) is 11.4 Å². The summed E-state index contributed by atoms with van der Waals surface area (Å²) in [5, 5.41) is 0. The first-order valence-corrected chi connectivity index (χ1v) is 8.62. The molecule has 0 saturated carbocycles. The molecule has 0 aliphatic carbocycles. The van der Waals surface area contributed by atoms with E-state index in [4.69, 9.17) is 0 Å². The molecule has 1 atom stereocenters. The quantitative estimate of drug-likeness (QED) is 0.659. The third kappa shape index (κ3) is 3.06. The fourth-order valence-electron chi connectivity index (χ4n) is 3.71. The van der Waals surface area contributed by atoms with Gasteiger partial charge in [-0.25, -0.2) is 0 Å². The summed E-state index contributed by atoms with van der Waals surface area (Å²) in [6.07, 6.45) is 2.45. The first-order chi connectivity index (χ1) is 11.0. The number of rotatable bonds is 2. The molecule has 0 bridgehead atoms. The van der Waals surface area contributed by atoms with Crippen LogP contribution in [0.2, 0.25) is 0 Å². The minimum absolute atomic E-state index is 0.613. The van der Waals surface area contributed by atoms with E-state index in [9.17, 15) is 0 Å². The van der Waals surface area contributed by atoms with Gasteiger partial charge in [0.25, 0.3) is 0 Å². The van der Waals surface area contributed by atoms with Crippen LogP contribution in [0.15, 0.2) is 43.0 Å². The van der Waals surface area contributed by atoms with E-state index in [1.165, 1.54) is 46.3 Å². The van der Waals surface area contributed by atoms with Gasteiger partial charge in [-0.2, -0.15) is 0 Å². The van der Waals surface area contributed by atoms with Crippen LogP contribution in [-0.2, 0) is 0 Å². The topological polar surface area (TPSA) is 3.24 Å². The van der Waals surface area contributed by atoms with Crippen molar-refractivity contribution in [2.24, 2.45) is 0 Å². The smallest absolute Gasteiger partial charge is 0.0446 e. The molecule has 0 radical (unpaired) electrons.